The van der Waals surface area contributed by atoms with Crippen molar-refractivity contribution in [2.24, 2.45) is 0 Å². The van der Waals surface area contributed by atoms with Crippen LogP contribution < -0.4 is 0 Å². The number of hydrogen-bond donors (Lipinski definition) is 1. The molecule has 5 nitrogen and oxygen atoms in total. The summed E-state index contributed by atoms with van der Waals surface area (Å²) in [4.78, 5) is 13.1. The van der Waals surface area contributed by atoms with Crippen LogP contribution in [0.3, 0.4) is 0 Å². The molecule has 4 rings (SSSR count). The van der Waals surface area contributed by atoms with Crippen LogP contribution in [-0.4, -0.2) is 34.7 Å². The lowest BCUT2D eigenvalue weighted by atomic mass is 9.86. The number of hydrogen-bond acceptors (Lipinski definition) is 4. The summed E-state index contributed by atoms with van der Waals surface area (Å²) in [5.74, 6) is 0.245. The second-order valence-corrected chi connectivity index (χ2v) is 7.23. The van der Waals surface area contributed by atoms with Gasteiger partial charge in [-0.15, -0.1) is 0 Å². The summed E-state index contributed by atoms with van der Waals surface area (Å²) in [6.45, 7) is 0.570. The van der Waals surface area contributed by atoms with Gasteiger partial charge in [0.15, 0.2) is 0 Å². The summed E-state index contributed by atoms with van der Waals surface area (Å²) in [7, 11) is 1.82. The number of likely N-dealkylation sites (N-methyl/N-ethyl adjacent to an activating group) is 1. The van der Waals surface area contributed by atoms with E-state index in [4.69, 9.17) is 0 Å². The third kappa shape index (κ3) is 2.89. The van der Waals surface area contributed by atoms with Crippen molar-refractivity contribution in [3.8, 4) is 5.75 Å². The topological polar surface area (TPSA) is 66.6 Å². The Bertz CT molecular complexity index is 834. The van der Waals surface area contributed by atoms with Crippen molar-refractivity contribution in [1.29, 1.82) is 0 Å². The predicted octanol–water partition coefficient (Wildman–Crippen LogP) is 3.10. The smallest absolute Gasteiger partial charge is 0.272 e. The van der Waals surface area contributed by atoms with Gasteiger partial charge >= 0.3 is 0 Å². The minimum Gasteiger partial charge on any atom is -0.508 e. The van der Waals surface area contributed by atoms with Crippen LogP contribution in [0.2, 0.25) is 0 Å². The van der Waals surface area contributed by atoms with E-state index in [1.54, 1.807) is 12.1 Å². The summed E-state index contributed by atoms with van der Waals surface area (Å²) < 4.78 is 0. The normalized spacial score (nSPS) is 22.9. The van der Waals surface area contributed by atoms with E-state index < -0.39 is 6.17 Å². The number of aromatic hydroxyl groups is 1. The molecule has 2 unspecified atom stereocenters. The fraction of sp³-hybridized carbons (Fsp3) is 0.400. The molecule has 130 valence electrons. The molecule has 2 aromatic rings. The van der Waals surface area contributed by atoms with Crippen molar-refractivity contribution in [1.82, 2.24) is 4.90 Å². The minimum atomic E-state index is -0.734. The van der Waals surface area contributed by atoms with E-state index in [2.05, 4.69) is 18.2 Å². The molecule has 2 atom stereocenters. The molecule has 0 spiro atoms. The average molecular weight is 338 g/mol. The van der Waals surface area contributed by atoms with Gasteiger partial charge in [0.1, 0.15) is 5.75 Å². The minimum absolute atomic E-state index is 0.0305. The second kappa shape index (κ2) is 6.15. The number of aryl methyl sites for hydroxylation is 2. The number of nitrogens with zero attached hydrogens (tertiary/aromatic N) is 2. The molecule has 1 aliphatic heterocycles. The van der Waals surface area contributed by atoms with Gasteiger partial charge in [0.25, 0.3) is 6.17 Å². The number of rotatable bonds is 2. The van der Waals surface area contributed by atoms with Crippen LogP contribution in [0, 0.1) is 10.1 Å². The number of benzene rings is 2. The van der Waals surface area contributed by atoms with Crippen LogP contribution in [0.15, 0.2) is 36.4 Å². The molecule has 1 N–H and O–H groups in total. The highest BCUT2D eigenvalue weighted by Crippen LogP contribution is 2.36. The van der Waals surface area contributed by atoms with Crippen molar-refractivity contribution in [3.05, 3.63) is 74.3 Å². The Morgan fingerprint density at radius 1 is 1.12 bits per heavy atom. The standard InChI is InChI=1S/C20H22N2O3/c1-21-12-19(15-6-5-13-3-2-4-14(13)9-15)18-11-17(23)8-7-16(18)10-20(21)22(24)25/h5-9,11,19-20,23H,2-4,10,12H2,1H3. The molecule has 0 amide bonds. The first-order chi connectivity index (χ1) is 12.0. The highest BCUT2D eigenvalue weighted by Gasteiger charge is 2.35. The molecule has 2 aromatic carbocycles. The van der Waals surface area contributed by atoms with Gasteiger partial charge in [-0.2, -0.15) is 0 Å². The van der Waals surface area contributed by atoms with Crippen LogP contribution in [0.1, 0.15) is 40.2 Å². The van der Waals surface area contributed by atoms with E-state index in [0.29, 0.717) is 13.0 Å². The van der Waals surface area contributed by atoms with Gasteiger partial charge in [0.05, 0.1) is 6.42 Å². The Morgan fingerprint density at radius 2 is 1.88 bits per heavy atom. The maximum absolute atomic E-state index is 11.5. The zero-order valence-electron chi connectivity index (χ0n) is 14.3. The molecule has 0 radical (unpaired) electrons. The molecule has 0 fully saturated rings. The van der Waals surface area contributed by atoms with Crippen LogP contribution in [0.25, 0.3) is 0 Å². The first-order valence-corrected chi connectivity index (χ1v) is 8.80. The number of phenols is 1. The van der Waals surface area contributed by atoms with Crippen LogP contribution >= 0.6 is 0 Å². The molecule has 0 saturated carbocycles. The molecule has 25 heavy (non-hydrogen) atoms. The summed E-state index contributed by atoms with van der Waals surface area (Å²) in [6, 6.07) is 11.9. The summed E-state index contributed by atoms with van der Waals surface area (Å²) in [5, 5.41) is 21.5. The van der Waals surface area contributed by atoms with E-state index in [1.165, 1.54) is 23.1 Å². The highest BCUT2D eigenvalue weighted by molar-refractivity contribution is 5.46. The van der Waals surface area contributed by atoms with E-state index in [-0.39, 0.29) is 16.6 Å². The number of nitro groups is 1. The lowest BCUT2D eigenvalue weighted by Crippen LogP contribution is -2.40. The van der Waals surface area contributed by atoms with Crippen molar-refractivity contribution >= 4 is 0 Å². The first kappa shape index (κ1) is 16.1. The van der Waals surface area contributed by atoms with Crippen LogP contribution in [-0.2, 0) is 19.3 Å². The molecule has 0 aromatic heterocycles. The monoisotopic (exact) mass is 338 g/mol. The predicted molar refractivity (Wildman–Crippen MR) is 95.5 cm³/mol. The lowest BCUT2D eigenvalue weighted by molar-refractivity contribution is -0.548. The Balaban J connectivity index is 1.81. The molecule has 0 bridgehead atoms. The third-order valence-electron chi connectivity index (χ3n) is 5.65. The van der Waals surface area contributed by atoms with Crippen LogP contribution in [0.4, 0.5) is 0 Å². The van der Waals surface area contributed by atoms with Crippen molar-refractivity contribution in [3.63, 3.8) is 0 Å². The fourth-order valence-electron chi connectivity index (χ4n) is 4.28. The maximum Gasteiger partial charge on any atom is 0.272 e. The van der Waals surface area contributed by atoms with Crippen molar-refractivity contribution < 1.29 is 10.0 Å². The Morgan fingerprint density at radius 3 is 2.68 bits per heavy atom. The lowest BCUT2D eigenvalue weighted by Gasteiger charge is -2.23. The van der Waals surface area contributed by atoms with E-state index in [1.807, 2.05) is 18.0 Å². The van der Waals surface area contributed by atoms with E-state index >= 15 is 0 Å². The highest BCUT2D eigenvalue weighted by atomic mass is 16.6. The molecule has 1 heterocycles. The Kier molecular flexibility index (Phi) is 3.96. The second-order valence-electron chi connectivity index (χ2n) is 7.23. The molecule has 0 saturated heterocycles. The number of phenolic OH excluding ortho intramolecular Hbond substituents is 1. The summed E-state index contributed by atoms with van der Waals surface area (Å²) in [5.41, 5.74) is 5.97. The van der Waals surface area contributed by atoms with Gasteiger partial charge in [-0.3, -0.25) is 10.1 Å². The Hall–Kier alpha value is -2.40. The van der Waals surface area contributed by atoms with Crippen molar-refractivity contribution in [2.75, 3.05) is 13.6 Å². The zero-order chi connectivity index (χ0) is 17.6. The zero-order valence-corrected chi connectivity index (χ0v) is 14.3. The van der Waals surface area contributed by atoms with Gasteiger partial charge in [0.2, 0.25) is 0 Å². The van der Waals surface area contributed by atoms with E-state index in [0.717, 1.165) is 24.0 Å². The quantitative estimate of drug-likeness (QED) is 0.675. The average Bonchev–Trinajstić information content (AvgIpc) is 3.00. The van der Waals surface area contributed by atoms with Crippen LogP contribution in [0.5, 0.6) is 5.75 Å². The third-order valence-corrected chi connectivity index (χ3v) is 5.65. The van der Waals surface area contributed by atoms with Gasteiger partial charge in [-0.05, 0) is 66.3 Å². The molecular formula is C20H22N2O3. The van der Waals surface area contributed by atoms with E-state index in [9.17, 15) is 15.2 Å². The Labute approximate surface area is 147 Å². The van der Waals surface area contributed by atoms with Gasteiger partial charge in [0, 0.05) is 17.4 Å². The summed E-state index contributed by atoms with van der Waals surface area (Å²) >= 11 is 0. The molecular weight excluding hydrogens is 316 g/mol. The fourth-order valence-corrected chi connectivity index (χ4v) is 4.28. The first-order valence-electron chi connectivity index (χ1n) is 8.80. The van der Waals surface area contributed by atoms with Gasteiger partial charge in [-0.25, -0.2) is 4.90 Å². The molecule has 5 heteroatoms. The maximum atomic E-state index is 11.5. The molecule has 1 aliphatic carbocycles. The largest absolute Gasteiger partial charge is 0.508 e. The van der Waals surface area contributed by atoms with Gasteiger partial charge in [-0.1, -0.05) is 24.3 Å². The SMILES string of the molecule is CN1CC(c2ccc3c(c2)CCC3)c2cc(O)ccc2CC1[N+](=O)[O-]. The summed E-state index contributed by atoms with van der Waals surface area (Å²) in [6.07, 6.45) is 3.07. The molecule has 2 aliphatic rings. The van der Waals surface area contributed by atoms with Crippen molar-refractivity contribution in [2.45, 2.75) is 37.8 Å². The van der Waals surface area contributed by atoms with Gasteiger partial charge < -0.3 is 5.11 Å². The number of fused-ring (bicyclic) bond motifs is 2.